The molecule has 110 heavy (non-hydrogen) atoms. The fourth-order valence-electron chi connectivity index (χ4n) is 18.0. The number of hydrogen-bond donors (Lipinski definition) is 3. The Morgan fingerprint density at radius 3 is 1.83 bits per heavy atom. The number of likely N-dealkylation sites (N-methyl/N-ethyl adjacent to an activating group) is 7. The highest BCUT2D eigenvalue weighted by atomic mass is 19.4. The normalized spacial score (nSPS) is 32.1. The number of ether oxygens (including phenoxy) is 1. The molecular weight excluding hydrogens is 1450 g/mol. The molecule has 3 aliphatic heterocycles. The molecule has 25 nitrogen and oxygen atoms in total. The molecular formula is C77H120F8N12O13. The summed E-state index contributed by atoms with van der Waals surface area (Å²) in [5.41, 5.74) is -2.37. The van der Waals surface area contributed by atoms with E-state index >= 15 is 37.5 Å². The number of rotatable bonds is 14. The van der Waals surface area contributed by atoms with E-state index in [2.05, 4.69) is 16.0 Å². The van der Waals surface area contributed by atoms with E-state index < -0.39 is 235 Å². The van der Waals surface area contributed by atoms with E-state index in [0.717, 1.165) is 29.4 Å². The third kappa shape index (κ3) is 21.5. The number of nitrogens with zero attached hydrogens (tertiary/aromatic N) is 9. The van der Waals surface area contributed by atoms with E-state index in [1.54, 1.807) is 46.8 Å². The lowest BCUT2D eigenvalue weighted by molar-refractivity contribution is -0.219. The summed E-state index contributed by atoms with van der Waals surface area (Å²) in [6.45, 7) is 10.6. The average molecular weight is 1570 g/mol. The Kier molecular flexibility index (Phi) is 31.1. The first-order chi connectivity index (χ1) is 51.5. The van der Waals surface area contributed by atoms with E-state index in [1.807, 2.05) is 13.8 Å². The van der Waals surface area contributed by atoms with E-state index in [1.165, 1.54) is 64.0 Å². The molecule has 0 aromatic heterocycles. The Bertz CT molecular complexity index is 3300. The number of carbonyl (C=O) groups excluding carboxylic acids is 12. The lowest BCUT2D eigenvalue weighted by Gasteiger charge is -2.54. The van der Waals surface area contributed by atoms with Gasteiger partial charge < -0.3 is 64.8 Å². The van der Waals surface area contributed by atoms with Crippen LogP contribution in [0.25, 0.3) is 0 Å². The zero-order valence-electron chi connectivity index (χ0n) is 66.6. The highest BCUT2D eigenvalue weighted by Crippen LogP contribution is 2.50. The summed E-state index contributed by atoms with van der Waals surface area (Å²) in [5, 5.41) is 8.47. The van der Waals surface area contributed by atoms with Crippen molar-refractivity contribution in [2.75, 3.05) is 88.7 Å². The van der Waals surface area contributed by atoms with Gasteiger partial charge in [-0.05, 0) is 146 Å². The molecule has 4 saturated carbocycles. The number of amides is 12. The van der Waals surface area contributed by atoms with Gasteiger partial charge in [0.1, 0.15) is 72.1 Å². The van der Waals surface area contributed by atoms with Crippen LogP contribution in [0.15, 0.2) is 12.2 Å². The van der Waals surface area contributed by atoms with Crippen LogP contribution < -0.4 is 16.0 Å². The number of alkyl halides is 8. The van der Waals surface area contributed by atoms with Crippen LogP contribution in [0.1, 0.15) is 190 Å². The van der Waals surface area contributed by atoms with Crippen LogP contribution in [0, 0.1) is 40.9 Å². The van der Waals surface area contributed by atoms with E-state index in [4.69, 9.17) is 4.74 Å². The maximum absolute atomic E-state index is 15.8. The summed E-state index contributed by atoms with van der Waals surface area (Å²) in [6.07, 6.45) is -13.4. The van der Waals surface area contributed by atoms with Crippen molar-refractivity contribution in [1.82, 2.24) is 60.0 Å². The topological polar surface area (TPSA) is 279 Å². The van der Waals surface area contributed by atoms with Gasteiger partial charge >= 0.3 is 12.4 Å². The van der Waals surface area contributed by atoms with Crippen LogP contribution in [-0.2, 0) is 62.3 Å². The van der Waals surface area contributed by atoms with Gasteiger partial charge in [0.25, 0.3) is 0 Å². The van der Waals surface area contributed by atoms with Crippen LogP contribution in [0.4, 0.5) is 35.1 Å². The number of fused-ring (bicyclic) bond motifs is 3. The number of carbonyl (C=O) groups is 12. The second-order valence-electron chi connectivity index (χ2n) is 33.1. The van der Waals surface area contributed by atoms with Gasteiger partial charge in [-0.15, -0.1) is 0 Å². The summed E-state index contributed by atoms with van der Waals surface area (Å²) >= 11 is 0. The molecule has 0 radical (unpaired) electrons. The van der Waals surface area contributed by atoms with Crippen LogP contribution >= 0.6 is 0 Å². The second kappa shape index (κ2) is 38.1. The summed E-state index contributed by atoms with van der Waals surface area (Å²) in [6, 6.07) is -11.4. The highest BCUT2D eigenvalue weighted by molar-refractivity contribution is 6.01. The van der Waals surface area contributed by atoms with Gasteiger partial charge in [0, 0.05) is 82.0 Å². The maximum atomic E-state index is 15.8. The van der Waals surface area contributed by atoms with Crippen molar-refractivity contribution in [1.29, 1.82) is 0 Å². The predicted octanol–water partition coefficient (Wildman–Crippen LogP) is 7.13. The Balaban J connectivity index is 1.34. The van der Waals surface area contributed by atoms with Crippen LogP contribution in [0.3, 0.4) is 0 Å². The molecule has 33 heteroatoms. The minimum Gasteiger partial charge on any atom is -0.377 e. The Morgan fingerprint density at radius 1 is 0.645 bits per heavy atom. The zero-order valence-corrected chi connectivity index (χ0v) is 66.6. The first-order valence-electron chi connectivity index (χ1n) is 39.5. The lowest BCUT2D eigenvalue weighted by Crippen LogP contribution is -2.71. The molecule has 7 rings (SSSR count). The van der Waals surface area contributed by atoms with Crippen molar-refractivity contribution in [2.24, 2.45) is 40.9 Å². The molecule has 3 heterocycles. The van der Waals surface area contributed by atoms with E-state index in [-0.39, 0.29) is 103 Å². The quantitative estimate of drug-likeness (QED) is 0.115. The minimum absolute atomic E-state index is 0.00612. The van der Waals surface area contributed by atoms with Gasteiger partial charge in [-0.25, -0.2) is 8.78 Å². The smallest absolute Gasteiger partial charge is 0.377 e. The molecule has 12 atom stereocenters. The van der Waals surface area contributed by atoms with Gasteiger partial charge in [0.15, 0.2) is 0 Å². The third-order valence-electron chi connectivity index (χ3n) is 24.5. The van der Waals surface area contributed by atoms with Gasteiger partial charge in [0.2, 0.25) is 70.9 Å². The molecule has 12 amide bonds. The molecule has 622 valence electrons. The molecule has 3 N–H and O–H groups in total. The van der Waals surface area contributed by atoms with Crippen molar-refractivity contribution in [3.63, 3.8) is 0 Å². The number of nitrogens with one attached hydrogen (secondary N) is 3. The van der Waals surface area contributed by atoms with Crippen molar-refractivity contribution in [3.05, 3.63) is 12.2 Å². The molecule has 2 bridgehead atoms. The molecule has 7 aliphatic rings. The minimum atomic E-state index is -5.22. The van der Waals surface area contributed by atoms with E-state index in [9.17, 15) is 55.1 Å². The van der Waals surface area contributed by atoms with Crippen molar-refractivity contribution in [3.8, 4) is 0 Å². The van der Waals surface area contributed by atoms with Crippen molar-refractivity contribution in [2.45, 2.75) is 274 Å². The van der Waals surface area contributed by atoms with Crippen LogP contribution in [0.2, 0.25) is 0 Å². The fourth-order valence-corrected chi connectivity index (χ4v) is 18.0. The Morgan fingerprint density at radius 2 is 1.26 bits per heavy atom. The second-order valence-corrected chi connectivity index (χ2v) is 33.1. The maximum Gasteiger partial charge on any atom is 0.397 e. The van der Waals surface area contributed by atoms with Crippen LogP contribution in [-0.4, -0.2) is 288 Å². The summed E-state index contributed by atoms with van der Waals surface area (Å²) in [5.74, 6) is -16.8. The third-order valence-corrected chi connectivity index (χ3v) is 24.5. The van der Waals surface area contributed by atoms with Crippen LogP contribution in [0.5, 0.6) is 0 Å². The lowest BCUT2D eigenvalue weighted by atomic mass is 9.58. The first-order valence-corrected chi connectivity index (χ1v) is 39.5. The molecule has 6 fully saturated rings. The molecule has 2 unspecified atom stereocenters. The number of hydrogen-bond acceptors (Lipinski definition) is 13. The number of halogens is 8. The zero-order chi connectivity index (χ0) is 82.0. The highest BCUT2D eigenvalue weighted by Gasteiger charge is 2.60. The average Bonchev–Trinajstić information content (AvgIpc) is 0.963. The largest absolute Gasteiger partial charge is 0.397 e. The summed E-state index contributed by atoms with van der Waals surface area (Å²) in [4.78, 5) is 193. The Hall–Kier alpha value is -7.22. The summed E-state index contributed by atoms with van der Waals surface area (Å²) in [7, 11) is 9.51. The fraction of sp³-hybridized carbons (Fsp3) is 0.818. The standard InChI is InChI=1S/C77H120F8N12O13/c1-15-24-54-65(101)87-63(45(5)16-2)71(107)91(10)42-61(100)93(12)55-27-20-19-23-34-96(70(55)106)58(37-46-28-31-49(32-29-46)76(80,81)82)69(105)90(9)41-59(98)86-53(33-30-47-35-51(78)62(52(79)36-47)77(83,84)85)67(103)97-40-50(110-18-4)38-56(97)66(102)88-75(43-74(6,7)44-75)73(109)95(14)64(48-25-21-22-26-48)72(108)94(13)57(39-60(99)92(54)11)68(104)89(8)17-3/h19-20,45-58,62-64H,15-18,21-44H2,1-14H3,(H,86,98)(H,87,101)(H,88,102)/b20-19-/t45-,46?,47?,49?,50+,51?,52?,53-,54-,55-,56-,57-,58-,62?,63-,64-/m0/s1. The molecule has 0 aromatic carbocycles. The van der Waals surface area contributed by atoms with Gasteiger partial charge in [-0.3, -0.25) is 57.5 Å². The Labute approximate surface area is 642 Å². The van der Waals surface area contributed by atoms with E-state index in [0.29, 0.717) is 38.5 Å². The molecule has 2 saturated heterocycles. The van der Waals surface area contributed by atoms with Gasteiger partial charge in [0.05, 0.1) is 31.5 Å². The van der Waals surface area contributed by atoms with Crippen molar-refractivity contribution < 1.29 is 97.4 Å². The molecule has 1 spiro atoms. The SMILES string of the molecule is CCC[C@H]1C(=O)N[C@@H]([C@@H](C)CC)C(=O)N(C)CC(=O)N(C)[C@H]2C/C=C\CCN(C2=O)[C@@H](CC2CCC(C(F)(F)F)CC2)C(=O)N(C)CC(=O)N[C@@H](CCC2CC(F)C(C(F)(F)F)C(F)C2)C(=O)N2C[C@H](OCC)C[C@H]2C(=O)NC2(CC(C)(C)C2)C(=O)N(C)[C@@H](C2CCCC2)C(=O)N(C)[C@H](C(=O)N(C)CC)CC(=O)N1C. The first kappa shape index (κ1) is 90.0. The van der Waals surface area contributed by atoms with Gasteiger partial charge in [-0.2, -0.15) is 26.3 Å². The monoisotopic (exact) mass is 1570 g/mol. The van der Waals surface area contributed by atoms with Crippen molar-refractivity contribution >= 4 is 70.9 Å². The predicted molar refractivity (Wildman–Crippen MR) is 390 cm³/mol. The van der Waals surface area contributed by atoms with Gasteiger partial charge in [-0.1, -0.05) is 72.5 Å². The molecule has 0 aromatic rings. The summed E-state index contributed by atoms with van der Waals surface area (Å²) < 4.78 is 122. The molecule has 4 aliphatic carbocycles.